The Morgan fingerprint density at radius 1 is 1.12 bits per heavy atom. The Morgan fingerprint density at radius 2 is 2.00 bits per heavy atom. The highest BCUT2D eigenvalue weighted by Gasteiger charge is 1.99. The third-order valence-corrected chi connectivity index (χ3v) is 3.54. The van der Waals surface area contributed by atoms with Gasteiger partial charge in [-0.25, -0.2) is 0 Å². The maximum atomic E-state index is 6.00. The highest BCUT2D eigenvalue weighted by Crippen LogP contribution is 2.10. The van der Waals surface area contributed by atoms with Gasteiger partial charge in [0.05, 0.1) is 0 Å². The summed E-state index contributed by atoms with van der Waals surface area (Å²) >= 11 is 6.00. The van der Waals surface area contributed by atoms with Crippen LogP contribution in [0.5, 0.6) is 0 Å². The number of aromatic nitrogens is 1. The number of halogens is 2. The Morgan fingerprint density at radius 3 is 2.71 bits per heavy atom. The molecule has 24 heavy (non-hydrogen) atoms. The maximum absolute atomic E-state index is 6.00. The molecule has 0 spiro atoms. The molecule has 6 heteroatoms. The predicted molar refractivity (Wildman–Crippen MR) is 112 cm³/mol. The van der Waals surface area contributed by atoms with Gasteiger partial charge in [-0.05, 0) is 43.2 Å². The van der Waals surface area contributed by atoms with Gasteiger partial charge in [0.15, 0.2) is 5.96 Å². The molecule has 0 amide bonds. The van der Waals surface area contributed by atoms with E-state index in [-0.39, 0.29) is 24.0 Å². The van der Waals surface area contributed by atoms with Crippen LogP contribution in [0.25, 0.3) is 0 Å². The molecule has 0 atom stereocenters. The molecule has 130 valence electrons. The zero-order valence-corrected chi connectivity index (χ0v) is 16.9. The van der Waals surface area contributed by atoms with Gasteiger partial charge >= 0.3 is 0 Å². The molecular formula is C18H24ClIN4. The molecule has 1 aromatic carbocycles. The van der Waals surface area contributed by atoms with Crippen LogP contribution in [0.15, 0.2) is 53.7 Å². The number of aliphatic imine (C=N–C) groups is 1. The average Bonchev–Trinajstić information content (AvgIpc) is 2.56. The monoisotopic (exact) mass is 458 g/mol. The highest BCUT2D eigenvalue weighted by molar-refractivity contribution is 14.0. The SMILES string of the molecule is CCNC(=NCCc1ccccn1)NCCc1cccc(Cl)c1.I. The summed E-state index contributed by atoms with van der Waals surface area (Å²) in [5.74, 6) is 0.838. The van der Waals surface area contributed by atoms with Crippen molar-refractivity contribution in [2.75, 3.05) is 19.6 Å². The van der Waals surface area contributed by atoms with Crippen LogP contribution in [-0.4, -0.2) is 30.6 Å². The van der Waals surface area contributed by atoms with E-state index < -0.39 is 0 Å². The van der Waals surface area contributed by atoms with Gasteiger partial charge in [0.25, 0.3) is 0 Å². The van der Waals surface area contributed by atoms with Crippen LogP contribution in [0.3, 0.4) is 0 Å². The fraction of sp³-hybridized carbons (Fsp3) is 0.333. The molecular weight excluding hydrogens is 435 g/mol. The zero-order chi connectivity index (χ0) is 16.3. The van der Waals surface area contributed by atoms with Crippen LogP contribution in [0.2, 0.25) is 5.02 Å². The van der Waals surface area contributed by atoms with E-state index in [1.54, 1.807) is 0 Å². The Balaban J connectivity index is 0.00000288. The molecule has 0 bridgehead atoms. The fourth-order valence-electron chi connectivity index (χ4n) is 2.19. The largest absolute Gasteiger partial charge is 0.357 e. The summed E-state index contributed by atoms with van der Waals surface area (Å²) in [7, 11) is 0. The number of hydrogen-bond acceptors (Lipinski definition) is 2. The molecule has 0 saturated carbocycles. The van der Waals surface area contributed by atoms with Crippen molar-refractivity contribution in [1.82, 2.24) is 15.6 Å². The number of rotatable bonds is 7. The molecule has 2 aromatic rings. The molecule has 0 aliphatic carbocycles. The molecule has 0 fully saturated rings. The zero-order valence-electron chi connectivity index (χ0n) is 13.8. The van der Waals surface area contributed by atoms with Crippen molar-refractivity contribution in [3.8, 4) is 0 Å². The van der Waals surface area contributed by atoms with E-state index in [0.29, 0.717) is 6.54 Å². The van der Waals surface area contributed by atoms with E-state index in [1.807, 2.05) is 42.6 Å². The normalized spacial score (nSPS) is 10.8. The second kappa shape index (κ2) is 12.1. The molecule has 0 aliphatic rings. The van der Waals surface area contributed by atoms with Gasteiger partial charge in [-0.1, -0.05) is 29.8 Å². The van der Waals surface area contributed by atoms with E-state index in [9.17, 15) is 0 Å². The van der Waals surface area contributed by atoms with Crippen LogP contribution < -0.4 is 10.6 Å². The fourth-order valence-corrected chi connectivity index (χ4v) is 2.40. The average molecular weight is 459 g/mol. The molecule has 0 aliphatic heterocycles. The molecule has 2 N–H and O–H groups in total. The van der Waals surface area contributed by atoms with Crippen molar-refractivity contribution in [2.45, 2.75) is 19.8 Å². The first-order valence-corrected chi connectivity index (χ1v) is 8.32. The van der Waals surface area contributed by atoms with Gasteiger partial charge in [0.1, 0.15) is 0 Å². The number of hydrogen-bond donors (Lipinski definition) is 2. The Labute approximate surface area is 166 Å². The molecule has 1 heterocycles. The molecule has 2 rings (SSSR count). The summed E-state index contributed by atoms with van der Waals surface area (Å²) in [5.41, 5.74) is 2.28. The Bertz CT molecular complexity index is 619. The van der Waals surface area contributed by atoms with Crippen molar-refractivity contribution < 1.29 is 0 Å². The first-order valence-electron chi connectivity index (χ1n) is 7.94. The minimum Gasteiger partial charge on any atom is -0.357 e. The number of pyridine rings is 1. The highest BCUT2D eigenvalue weighted by atomic mass is 127. The van der Waals surface area contributed by atoms with E-state index in [4.69, 9.17) is 11.6 Å². The van der Waals surface area contributed by atoms with Crippen LogP contribution in [0.1, 0.15) is 18.2 Å². The number of guanidine groups is 1. The lowest BCUT2D eigenvalue weighted by atomic mass is 10.1. The lowest BCUT2D eigenvalue weighted by Crippen LogP contribution is -2.38. The third kappa shape index (κ3) is 7.97. The quantitative estimate of drug-likeness (QED) is 0.378. The lowest BCUT2D eigenvalue weighted by molar-refractivity contribution is 0.794. The molecule has 4 nitrogen and oxygen atoms in total. The minimum absolute atomic E-state index is 0. The summed E-state index contributed by atoms with van der Waals surface area (Å²) < 4.78 is 0. The van der Waals surface area contributed by atoms with Crippen LogP contribution >= 0.6 is 35.6 Å². The Hall–Kier alpha value is -1.34. The Kier molecular flexibility index (Phi) is 10.4. The van der Waals surface area contributed by atoms with Gasteiger partial charge in [-0.3, -0.25) is 9.98 Å². The van der Waals surface area contributed by atoms with Crippen LogP contribution in [-0.2, 0) is 12.8 Å². The predicted octanol–water partition coefficient (Wildman–Crippen LogP) is 3.69. The summed E-state index contributed by atoms with van der Waals surface area (Å²) in [6.45, 7) is 4.43. The van der Waals surface area contributed by atoms with Gasteiger partial charge in [-0.15, -0.1) is 24.0 Å². The van der Waals surface area contributed by atoms with Gasteiger partial charge in [-0.2, -0.15) is 0 Å². The van der Waals surface area contributed by atoms with Gasteiger partial charge in [0.2, 0.25) is 0 Å². The second-order valence-electron chi connectivity index (χ2n) is 5.14. The topological polar surface area (TPSA) is 49.3 Å². The molecule has 0 unspecified atom stereocenters. The summed E-state index contributed by atoms with van der Waals surface area (Å²) in [5, 5.41) is 7.39. The van der Waals surface area contributed by atoms with Crippen LogP contribution in [0.4, 0.5) is 0 Å². The smallest absolute Gasteiger partial charge is 0.191 e. The van der Waals surface area contributed by atoms with Crippen molar-refractivity contribution >= 4 is 41.5 Å². The number of benzene rings is 1. The third-order valence-electron chi connectivity index (χ3n) is 3.30. The summed E-state index contributed by atoms with van der Waals surface area (Å²) in [6, 6.07) is 13.9. The number of nitrogens with one attached hydrogen (secondary N) is 2. The maximum Gasteiger partial charge on any atom is 0.191 e. The van der Waals surface area contributed by atoms with Gasteiger partial charge in [0, 0.05) is 43.0 Å². The van der Waals surface area contributed by atoms with E-state index in [2.05, 4.69) is 33.6 Å². The van der Waals surface area contributed by atoms with E-state index in [1.165, 1.54) is 5.56 Å². The molecule has 0 radical (unpaired) electrons. The van der Waals surface area contributed by atoms with E-state index >= 15 is 0 Å². The summed E-state index contributed by atoms with van der Waals surface area (Å²) in [6.07, 6.45) is 3.56. The van der Waals surface area contributed by atoms with E-state index in [0.717, 1.165) is 42.6 Å². The lowest BCUT2D eigenvalue weighted by Gasteiger charge is -2.11. The first kappa shape index (κ1) is 20.7. The standard InChI is InChI=1S/C18H23ClN4.HI/c1-2-20-18(23-13-10-17-8-3-4-11-21-17)22-12-9-15-6-5-7-16(19)14-15;/h3-8,11,14H,2,9-10,12-13H2,1H3,(H2,20,22,23);1H. The van der Waals surface area contributed by atoms with Gasteiger partial charge < -0.3 is 10.6 Å². The molecule has 1 aromatic heterocycles. The van der Waals surface area contributed by atoms with Crippen LogP contribution in [0, 0.1) is 0 Å². The van der Waals surface area contributed by atoms with Crippen molar-refractivity contribution in [1.29, 1.82) is 0 Å². The minimum atomic E-state index is 0. The second-order valence-corrected chi connectivity index (χ2v) is 5.57. The van der Waals surface area contributed by atoms with Crippen molar-refractivity contribution in [2.24, 2.45) is 4.99 Å². The first-order chi connectivity index (χ1) is 11.3. The summed E-state index contributed by atoms with van der Waals surface area (Å²) in [4.78, 5) is 8.89. The number of nitrogens with zero attached hydrogens (tertiary/aromatic N) is 2. The van der Waals surface area contributed by atoms with Crippen molar-refractivity contribution in [3.63, 3.8) is 0 Å². The van der Waals surface area contributed by atoms with Crippen molar-refractivity contribution in [3.05, 3.63) is 64.9 Å². The molecule has 0 saturated heterocycles.